The number of amides is 1. The van der Waals surface area contributed by atoms with Gasteiger partial charge in [-0.25, -0.2) is 0 Å². The standard InChI is InChI=1S/C16H21N.C11H10F3NO/c1-2-6-13-12(5-1)11-15-14-7-3-4-8-16(13,14)9-10-17-15;1-15-10(16)6-5-8-3-2-4-9(7-8)11(12,13)14/h1-2,5-6,14-15,17H,3-4,7-11H2;2-7H,1H3,(H,15,16)/t14-,15+,16-;/m0./s1. The summed E-state index contributed by atoms with van der Waals surface area (Å²) in [5.74, 6) is 0.553. The number of halogens is 3. The second kappa shape index (κ2) is 9.72. The van der Waals surface area contributed by atoms with Gasteiger partial charge in [0.25, 0.3) is 0 Å². The highest BCUT2D eigenvalue weighted by molar-refractivity contribution is 5.91. The van der Waals surface area contributed by atoms with Crippen LogP contribution < -0.4 is 10.6 Å². The lowest BCUT2D eigenvalue weighted by molar-refractivity contribution is -0.137. The molecule has 1 saturated heterocycles. The van der Waals surface area contributed by atoms with E-state index in [1.807, 2.05) is 0 Å². The van der Waals surface area contributed by atoms with E-state index in [0.717, 1.165) is 24.1 Å². The van der Waals surface area contributed by atoms with Crippen molar-refractivity contribution >= 4 is 12.0 Å². The maximum atomic E-state index is 12.3. The molecule has 1 heterocycles. The molecule has 0 aromatic heterocycles. The fourth-order valence-corrected chi connectivity index (χ4v) is 5.96. The predicted octanol–water partition coefficient (Wildman–Crippen LogP) is 5.50. The van der Waals surface area contributed by atoms with Gasteiger partial charge in [-0.15, -0.1) is 0 Å². The van der Waals surface area contributed by atoms with Crippen LogP contribution in [-0.4, -0.2) is 25.5 Å². The SMILES string of the molecule is CNC(=O)C=Cc1cccc(C(F)(F)F)c1.c1ccc2c(c1)C[C@H]1NCC[C@@]23CCCC[C@@H]13. The van der Waals surface area contributed by atoms with E-state index in [1.54, 1.807) is 11.1 Å². The van der Waals surface area contributed by atoms with Crippen molar-refractivity contribution in [3.8, 4) is 0 Å². The summed E-state index contributed by atoms with van der Waals surface area (Å²) in [7, 11) is 1.44. The summed E-state index contributed by atoms with van der Waals surface area (Å²) in [4.78, 5) is 10.8. The highest BCUT2D eigenvalue weighted by Gasteiger charge is 2.51. The summed E-state index contributed by atoms with van der Waals surface area (Å²) in [6.07, 6.45) is 6.55. The predicted molar refractivity (Wildman–Crippen MR) is 125 cm³/mol. The van der Waals surface area contributed by atoms with Gasteiger partial charge < -0.3 is 10.6 Å². The van der Waals surface area contributed by atoms with Gasteiger partial charge in [-0.1, -0.05) is 49.2 Å². The maximum absolute atomic E-state index is 12.3. The van der Waals surface area contributed by atoms with E-state index >= 15 is 0 Å². The van der Waals surface area contributed by atoms with E-state index in [2.05, 4.69) is 34.9 Å². The maximum Gasteiger partial charge on any atom is 0.416 e. The third-order valence-corrected chi connectivity index (χ3v) is 7.44. The number of carbonyl (C=O) groups is 1. The summed E-state index contributed by atoms with van der Waals surface area (Å²) in [6, 6.07) is 14.8. The van der Waals surface area contributed by atoms with Crippen molar-refractivity contribution in [1.82, 2.24) is 10.6 Å². The molecule has 0 spiro atoms. The van der Waals surface area contributed by atoms with E-state index in [-0.39, 0.29) is 5.91 Å². The number of hydrogen-bond donors (Lipinski definition) is 2. The highest BCUT2D eigenvalue weighted by atomic mass is 19.4. The highest BCUT2D eigenvalue weighted by Crippen LogP contribution is 2.53. The Morgan fingerprint density at radius 3 is 2.73 bits per heavy atom. The summed E-state index contributed by atoms with van der Waals surface area (Å²) < 4.78 is 37.0. The van der Waals surface area contributed by atoms with Crippen molar-refractivity contribution in [3.05, 3.63) is 76.9 Å². The molecule has 0 unspecified atom stereocenters. The van der Waals surface area contributed by atoms with Crippen molar-refractivity contribution < 1.29 is 18.0 Å². The van der Waals surface area contributed by atoms with Crippen LogP contribution in [0.4, 0.5) is 13.2 Å². The van der Waals surface area contributed by atoms with Crippen LogP contribution in [0.2, 0.25) is 0 Å². The second-order valence-corrected chi connectivity index (χ2v) is 9.25. The largest absolute Gasteiger partial charge is 0.416 e. The van der Waals surface area contributed by atoms with Gasteiger partial charge >= 0.3 is 6.18 Å². The zero-order valence-corrected chi connectivity index (χ0v) is 18.9. The van der Waals surface area contributed by atoms with Crippen LogP contribution in [0, 0.1) is 5.92 Å². The number of hydrogen-bond acceptors (Lipinski definition) is 2. The van der Waals surface area contributed by atoms with Gasteiger partial charge in [-0.2, -0.15) is 13.2 Å². The summed E-state index contributed by atoms with van der Waals surface area (Å²) in [5, 5.41) is 6.12. The number of carbonyl (C=O) groups excluding carboxylic acids is 1. The monoisotopic (exact) mass is 456 g/mol. The van der Waals surface area contributed by atoms with Crippen LogP contribution in [0.3, 0.4) is 0 Å². The number of benzene rings is 2. The average molecular weight is 457 g/mol. The number of alkyl halides is 3. The van der Waals surface area contributed by atoms with Gasteiger partial charge in [0.1, 0.15) is 0 Å². The van der Waals surface area contributed by atoms with Crippen molar-refractivity contribution in [3.63, 3.8) is 0 Å². The fraction of sp³-hybridized carbons (Fsp3) is 0.444. The molecule has 1 amide bonds. The topological polar surface area (TPSA) is 41.1 Å². The molecule has 2 aromatic rings. The van der Waals surface area contributed by atoms with Gasteiger partial charge in [0.05, 0.1) is 5.56 Å². The van der Waals surface area contributed by atoms with Crippen LogP contribution in [0.1, 0.15) is 54.4 Å². The lowest BCUT2D eigenvalue weighted by Gasteiger charge is -2.56. The summed E-state index contributed by atoms with van der Waals surface area (Å²) in [5.41, 5.74) is 3.48. The second-order valence-electron chi connectivity index (χ2n) is 9.25. The Bertz CT molecular complexity index is 1010. The Morgan fingerprint density at radius 2 is 1.94 bits per heavy atom. The molecule has 33 heavy (non-hydrogen) atoms. The Balaban J connectivity index is 0.000000158. The van der Waals surface area contributed by atoms with Crippen molar-refractivity contribution in [1.29, 1.82) is 0 Å². The third-order valence-electron chi connectivity index (χ3n) is 7.44. The van der Waals surface area contributed by atoms with E-state index in [0.29, 0.717) is 11.0 Å². The fourth-order valence-electron chi connectivity index (χ4n) is 5.96. The molecule has 3 nitrogen and oxygen atoms in total. The molecule has 2 N–H and O–H groups in total. The smallest absolute Gasteiger partial charge is 0.356 e. The minimum Gasteiger partial charge on any atom is -0.356 e. The van der Waals surface area contributed by atoms with Gasteiger partial charge in [0.15, 0.2) is 0 Å². The third kappa shape index (κ3) is 5.01. The normalized spacial score (nSPS) is 25.9. The molecule has 1 saturated carbocycles. The number of likely N-dealkylation sites (N-methyl/N-ethyl adjacent to an activating group) is 1. The molecule has 2 aliphatic carbocycles. The zero-order valence-electron chi connectivity index (χ0n) is 18.9. The summed E-state index contributed by atoms with van der Waals surface area (Å²) in [6.45, 7) is 1.23. The average Bonchev–Trinajstić information content (AvgIpc) is 2.82. The van der Waals surface area contributed by atoms with Crippen molar-refractivity contribution in [2.45, 2.75) is 56.2 Å². The van der Waals surface area contributed by atoms with Gasteiger partial charge in [0.2, 0.25) is 5.91 Å². The molecule has 2 fully saturated rings. The van der Waals surface area contributed by atoms with Crippen LogP contribution >= 0.6 is 0 Å². The number of nitrogens with one attached hydrogen (secondary N) is 2. The first-order valence-corrected chi connectivity index (χ1v) is 11.7. The van der Waals surface area contributed by atoms with Gasteiger partial charge in [0, 0.05) is 24.6 Å². The van der Waals surface area contributed by atoms with Crippen LogP contribution in [0.5, 0.6) is 0 Å². The van der Waals surface area contributed by atoms with E-state index in [4.69, 9.17) is 0 Å². The Kier molecular flexibility index (Phi) is 6.94. The van der Waals surface area contributed by atoms with E-state index < -0.39 is 11.7 Å². The Hall–Kier alpha value is -2.60. The molecule has 176 valence electrons. The minimum atomic E-state index is -4.36. The first-order chi connectivity index (χ1) is 15.8. The van der Waals surface area contributed by atoms with Crippen LogP contribution in [0.25, 0.3) is 6.08 Å². The molecule has 2 bridgehead atoms. The van der Waals surface area contributed by atoms with Gasteiger partial charge in [-0.3, -0.25) is 4.79 Å². The van der Waals surface area contributed by atoms with Crippen LogP contribution in [-0.2, 0) is 22.8 Å². The molecule has 3 aliphatic rings. The van der Waals surface area contributed by atoms with Crippen molar-refractivity contribution in [2.24, 2.45) is 5.92 Å². The molecular weight excluding hydrogens is 425 g/mol. The van der Waals surface area contributed by atoms with Crippen molar-refractivity contribution in [2.75, 3.05) is 13.6 Å². The molecular formula is C27H31F3N2O. The lowest BCUT2D eigenvalue weighted by Crippen LogP contribution is -2.59. The number of piperidine rings is 1. The molecule has 1 aliphatic heterocycles. The molecule has 5 rings (SSSR count). The first-order valence-electron chi connectivity index (χ1n) is 11.7. The molecule has 2 aromatic carbocycles. The zero-order chi connectivity index (χ0) is 23.5. The Morgan fingerprint density at radius 1 is 1.12 bits per heavy atom. The quantitative estimate of drug-likeness (QED) is 0.586. The first kappa shape index (κ1) is 23.6. The molecule has 0 radical (unpaired) electrons. The van der Waals surface area contributed by atoms with Crippen LogP contribution in [0.15, 0.2) is 54.6 Å². The minimum absolute atomic E-state index is 0.332. The number of rotatable bonds is 2. The summed E-state index contributed by atoms with van der Waals surface area (Å²) >= 11 is 0. The number of fused-ring (bicyclic) bond motifs is 1. The van der Waals surface area contributed by atoms with Gasteiger partial charge in [-0.05, 0) is 73.0 Å². The van der Waals surface area contributed by atoms with E-state index in [1.165, 1.54) is 76.4 Å². The Labute approximate surface area is 193 Å². The lowest BCUT2D eigenvalue weighted by atomic mass is 9.53. The molecule has 3 atom stereocenters. The van der Waals surface area contributed by atoms with E-state index in [9.17, 15) is 18.0 Å². The molecule has 6 heteroatoms.